The smallest absolute Gasteiger partial charge is 0.321 e. The molecule has 2 aromatic rings. The van der Waals surface area contributed by atoms with E-state index in [-0.39, 0.29) is 18.2 Å². The highest BCUT2D eigenvalue weighted by Gasteiger charge is 2.33. The summed E-state index contributed by atoms with van der Waals surface area (Å²) in [5.74, 6) is 0.697. The van der Waals surface area contributed by atoms with E-state index in [1.54, 1.807) is 16.0 Å². The van der Waals surface area contributed by atoms with Crippen LogP contribution in [0.25, 0.3) is 0 Å². The molecule has 0 aliphatic carbocycles. The van der Waals surface area contributed by atoms with Crippen molar-refractivity contribution < 1.29 is 9.53 Å². The molecule has 7 heteroatoms. The average Bonchev–Trinajstić information content (AvgIpc) is 2.65. The Hall–Kier alpha value is -2.12. The quantitative estimate of drug-likeness (QED) is 0.696. The number of carbonyl (C=O) groups is 1. The minimum absolute atomic E-state index is 0.0284. The molecular weight excluding hydrogens is 396 g/mol. The second-order valence-corrected chi connectivity index (χ2v) is 7.28. The zero-order valence-electron chi connectivity index (χ0n) is 15.2. The molecule has 0 spiro atoms. The molecule has 138 valence electrons. The first-order valence-corrected chi connectivity index (χ1v) is 9.29. The molecule has 2 heterocycles. The van der Waals surface area contributed by atoms with Crippen LogP contribution in [0.3, 0.4) is 0 Å². The van der Waals surface area contributed by atoms with Crippen LogP contribution in [0, 0.1) is 0 Å². The van der Waals surface area contributed by atoms with Gasteiger partial charge in [0.2, 0.25) is 0 Å². The summed E-state index contributed by atoms with van der Waals surface area (Å²) >= 11 is 3.46. The molecule has 1 aliphatic heterocycles. The van der Waals surface area contributed by atoms with Crippen LogP contribution in [-0.2, 0) is 0 Å². The fourth-order valence-electron chi connectivity index (χ4n) is 3.13. The average molecular weight is 419 g/mol. The number of halogens is 1. The van der Waals surface area contributed by atoms with Crippen LogP contribution in [0.4, 0.5) is 4.79 Å². The molecule has 0 N–H and O–H groups in total. The number of aromatic nitrogens is 1. The molecule has 1 aromatic carbocycles. The maximum Gasteiger partial charge on any atom is 0.321 e. The third kappa shape index (κ3) is 3.99. The Bertz CT molecular complexity index is 744. The van der Waals surface area contributed by atoms with Crippen LogP contribution >= 0.6 is 15.9 Å². The van der Waals surface area contributed by atoms with Gasteiger partial charge in [0.15, 0.2) is 5.75 Å². The summed E-state index contributed by atoms with van der Waals surface area (Å²) < 4.78 is 7.05. The SMILES string of the molecule is C[C@@H](C(Oc1cccnc1Br)c1ccccc1)N1CN(C)C(=O)N(C)C1. The van der Waals surface area contributed by atoms with E-state index in [1.165, 1.54) is 0 Å². The van der Waals surface area contributed by atoms with Crippen molar-refractivity contribution in [3.63, 3.8) is 0 Å². The van der Waals surface area contributed by atoms with Crippen molar-refractivity contribution in [3.05, 3.63) is 58.8 Å². The van der Waals surface area contributed by atoms with Gasteiger partial charge in [0.25, 0.3) is 0 Å². The highest BCUT2D eigenvalue weighted by atomic mass is 79.9. The number of nitrogens with zero attached hydrogens (tertiary/aromatic N) is 4. The molecule has 1 saturated heterocycles. The van der Waals surface area contributed by atoms with Crippen molar-refractivity contribution in [2.75, 3.05) is 27.4 Å². The summed E-state index contributed by atoms with van der Waals surface area (Å²) in [7, 11) is 3.63. The van der Waals surface area contributed by atoms with E-state index < -0.39 is 0 Å². The van der Waals surface area contributed by atoms with Gasteiger partial charge in [-0.1, -0.05) is 30.3 Å². The Morgan fingerprint density at radius 2 is 1.73 bits per heavy atom. The van der Waals surface area contributed by atoms with Crippen molar-refractivity contribution in [2.45, 2.75) is 19.1 Å². The fourth-order valence-corrected chi connectivity index (χ4v) is 3.48. The molecule has 1 fully saturated rings. The van der Waals surface area contributed by atoms with Gasteiger partial charge < -0.3 is 14.5 Å². The maximum absolute atomic E-state index is 12.0. The summed E-state index contributed by atoms with van der Waals surface area (Å²) in [6.45, 7) is 3.25. The number of hydrogen-bond donors (Lipinski definition) is 0. The molecule has 1 aromatic heterocycles. The normalized spacial score (nSPS) is 17.9. The molecule has 1 aliphatic rings. The lowest BCUT2D eigenvalue weighted by molar-refractivity contribution is -0.00717. The first-order valence-electron chi connectivity index (χ1n) is 8.49. The van der Waals surface area contributed by atoms with Crippen LogP contribution in [0.5, 0.6) is 5.75 Å². The van der Waals surface area contributed by atoms with Crippen LogP contribution in [-0.4, -0.2) is 59.2 Å². The zero-order chi connectivity index (χ0) is 18.7. The van der Waals surface area contributed by atoms with E-state index >= 15 is 0 Å². The number of urea groups is 1. The Labute approximate surface area is 162 Å². The van der Waals surface area contributed by atoms with Crippen LogP contribution in [0.15, 0.2) is 53.3 Å². The standard InChI is InChI=1S/C19H23BrN4O2/c1-14(24-12-22(2)19(25)23(3)13-24)17(15-8-5-4-6-9-15)26-16-10-7-11-21-18(16)20/h4-11,14,17H,12-13H2,1-3H3/t14-,17?/m0/s1. The van der Waals surface area contributed by atoms with Crippen molar-refractivity contribution in [1.82, 2.24) is 19.7 Å². The van der Waals surface area contributed by atoms with E-state index in [2.05, 4.69) is 44.9 Å². The minimum Gasteiger partial charge on any atom is -0.481 e. The van der Waals surface area contributed by atoms with E-state index in [0.29, 0.717) is 23.7 Å². The Balaban J connectivity index is 1.88. The van der Waals surface area contributed by atoms with E-state index in [4.69, 9.17) is 4.74 Å². The molecule has 26 heavy (non-hydrogen) atoms. The predicted molar refractivity (Wildman–Crippen MR) is 104 cm³/mol. The van der Waals surface area contributed by atoms with Gasteiger partial charge in [-0.05, 0) is 40.5 Å². The first-order chi connectivity index (χ1) is 12.5. The van der Waals surface area contributed by atoms with Gasteiger partial charge >= 0.3 is 6.03 Å². The Morgan fingerprint density at radius 1 is 1.08 bits per heavy atom. The molecule has 0 bridgehead atoms. The third-order valence-electron chi connectivity index (χ3n) is 4.56. The molecule has 2 amide bonds. The van der Waals surface area contributed by atoms with Gasteiger partial charge in [-0.15, -0.1) is 0 Å². The van der Waals surface area contributed by atoms with Crippen molar-refractivity contribution in [1.29, 1.82) is 0 Å². The Morgan fingerprint density at radius 3 is 2.35 bits per heavy atom. The van der Waals surface area contributed by atoms with Crippen LogP contribution < -0.4 is 4.74 Å². The molecule has 0 saturated carbocycles. The molecular formula is C19H23BrN4O2. The van der Waals surface area contributed by atoms with Crippen LogP contribution in [0.2, 0.25) is 0 Å². The number of ether oxygens (including phenoxy) is 1. The fraction of sp³-hybridized carbons (Fsp3) is 0.368. The second kappa shape index (κ2) is 8.05. The number of rotatable bonds is 5. The van der Waals surface area contributed by atoms with Gasteiger partial charge in [-0.3, -0.25) is 4.90 Å². The summed E-state index contributed by atoms with van der Waals surface area (Å²) in [5, 5.41) is 0. The summed E-state index contributed by atoms with van der Waals surface area (Å²) in [6.07, 6.45) is 1.52. The van der Waals surface area contributed by atoms with Crippen molar-refractivity contribution in [3.8, 4) is 5.75 Å². The van der Waals surface area contributed by atoms with Gasteiger partial charge in [0.1, 0.15) is 10.7 Å². The van der Waals surface area contributed by atoms with E-state index in [0.717, 1.165) is 5.56 Å². The van der Waals surface area contributed by atoms with Crippen molar-refractivity contribution >= 4 is 22.0 Å². The molecule has 6 nitrogen and oxygen atoms in total. The first kappa shape index (κ1) is 18.7. The number of carbonyl (C=O) groups excluding carboxylic acids is 1. The van der Waals surface area contributed by atoms with Gasteiger partial charge in [0.05, 0.1) is 19.4 Å². The Kier molecular flexibility index (Phi) is 5.78. The summed E-state index contributed by atoms with van der Waals surface area (Å²) in [5.41, 5.74) is 1.08. The molecule has 3 rings (SSSR count). The maximum atomic E-state index is 12.0. The lowest BCUT2D eigenvalue weighted by Crippen LogP contribution is -2.58. The summed E-state index contributed by atoms with van der Waals surface area (Å²) in [6, 6.07) is 14.0. The predicted octanol–water partition coefficient (Wildman–Crippen LogP) is 3.57. The van der Waals surface area contributed by atoms with Gasteiger partial charge in [-0.25, -0.2) is 9.78 Å². The topological polar surface area (TPSA) is 48.9 Å². The lowest BCUT2D eigenvalue weighted by atomic mass is 10.0. The highest BCUT2D eigenvalue weighted by Crippen LogP contribution is 2.31. The third-order valence-corrected chi connectivity index (χ3v) is 5.16. The number of pyridine rings is 1. The lowest BCUT2D eigenvalue weighted by Gasteiger charge is -2.43. The van der Waals surface area contributed by atoms with Gasteiger partial charge in [0, 0.05) is 20.3 Å². The number of amides is 2. The molecule has 0 radical (unpaired) electrons. The number of benzene rings is 1. The van der Waals surface area contributed by atoms with Gasteiger partial charge in [-0.2, -0.15) is 0 Å². The minimum atomic E-state index is -0.202. The largest absolute Gasteiger partial charge is 0.481 e. The zero-order valence-corrected chi connectivity index (χ0v) is 16.8. The molecule has 1 unspecified atom stereocenters. The van der Waals surface area contributed by atoms with E-state index in [1.807, 2.05) is 44.4 Å². The molecule has 2 atom stereocenters. The monoisotopic (exact) mass is 418 g/mol. The highest BCUT2D eigenvalue weighted by molar-refractivity contribution is 9.10. The van der Waals surface area contributed by atoms with Crippen molar-refractivity contribution in [2.24, 2.45) is 0 Å². The van der Waals surface area contributed by atoms with E-state index in [9.17, 15) is 4.79 Å². The number of hydrogen-bond acceptors (Lipinski definition) is 4. The summed E-state index contributed by atoms with van der Waals surface area (Å²) in [4.78, 5) is 21.9. The second-order valence-electron chi connectivity index (χ2n) is 6.53. The van der Waals surface area contributed by atoms with Crippen LogP contribution in [0.1, 0.15) is 18.6 Å².